The Labute approximate surface area is 118 Å². The van der Waals surface area contributed by atoms with Gasteiger partial charge in [0.1, 0.15) is 0 Å². The van der Waals surface area contributed by atoms with Gasteiger partial charge in [0.2, 0.25) is 0 Å². The highest BCUT2D eigenvalue weighted by Crippen LogP contribution is 2.12. The van der Waals surface area contributed by atoms with Gasteiger partial charge in [-0.15, -0.1) is 0 Å². The fourth-order valence-electron chi connectivity index (χ4n) is 2.06. The molecule has 20 heavy (non-hydrogen) atoms. The van der Waals surface area contributed by atoms with Gasteiger partial charge >= 0.3 is 0 Å². The first-order chi connectivity index (χ1) is 9.61. The Balaban J connectivity index is 2.23. The lowest BCUT2D eigenvalue weighted by Crippen LogP contribution is -2.26. The minimum Gasteiger partial charge on any atom is -0.398 e. The van der Waals surface area contributed by atoms with Crippen LogP contribution in [0.15, 0.2) is 41.3 Å². The first-order valence-electron chi connectivity index (χ1n) is 6.73. The third-order valence-corrected chi connectivity index (χ3v) is 3.23. The molecule has 0 saturated carbocycles. The monoisotopic (exact) mass is 272 g/mol. The van der Waals surface area contributed by atoms with Gasteiger partial charge in [0.15, 0.2) is 0 Å². The summed E-state index contributed by atoms with van der Waals surface area (Å²) in [6.07, 6.45) is 2.75. The number of benzene rings is 1. The van der Waals surface area contributed by atoms with Crippen molar-refractivity contribution < 1.29 is 0 Å². The summed E-state index contributed by atoms with van der Waals surface area (Å²) in [5.74, 6) is 0. The van der Waals surface area contributed by atoms with Crippen molar-refractivity contribution in [3.63, 3.8) is 0 Å². The summed E-state index contributed by atoms with van der Waals surface area (Å²) in [5.41, 5.74) is 8.18. The number of anilines is 2. The van der Waals surface area contributed by atoms with E-state index in [1.807, 2.05) is 36.2 Å². The minimum atomic E-state index is -0.117. The summed E-state index contributed by atoms with van der Waals surface area (Å²) < 4.78 is 1.43. The average molecular weight is 272 g/mol. The smallest absolute Gasteiger partial charge is 0.269 e. The van der Waals surface area contributed by atoms with Gasteiger partial charge in [-0.2, -0.15) is 5.10 Å². The van der Waals surface area contributed by atoms with E-state index >= 15 is 0 Å². The molecule has 0 atom stereocenters. The predicted molar refractivity (Wildman–Crippen MR) is 82.0 cm³/mol. The number of nitrogens with two attached hydrogens (primary N) is 1. The molecule has 0 aliphatic rings. The Bertz CT molecular complexity index is 636. The largest absolute Gasteiger partial charge is 0.398 e. The second-order valence-corrected chi connectivity index (χ2v) is 4.83. The summed E-state index contributed by atoms with van der Waals surface area (Å²) in [5, 5.41) is 4.22. The third kappa shape index (κ3) is 3.17. The molecule has 0 saturated heterocycles. The molecule has 2 N–H and O–H groups in total. The number of rotatable bonds is 5. The molecule has 0 fully saturated rings. The maximum absolute atomic E-state index is 12.1. The van der Waals surface area contributed by atoms with E-state index in [2.05, 4.69) is 12.0 Å². The molecule has 0 aliphatic carbocycles. The van der Waals surface area contributed by atoms with Crippen molar-refractivity contribution in [2.24, 2.45) is 0 Å². The van der Waals surface area contributed by atoms with E-state index < -0.39 is 0 Å². The Morgan fingerprint density at radius 1 is 1.35 bits per heavy atom. The van der Waals surface area contributed by atoms with E-state index in [4.69, 9.17) is 5.73 Å². The Morgan fingerprint density at radius 2 is 2.10 bits per heavy atom. The normalized spacial score (nSPS) is 10.5. The molecule has 0 radical (unpaired) electrons. The first kappa shape index (κ1) is 14.1. The lowest BCUT2D eigenvalue weighted by atomic mass is 10.2. The van der Waals surface area contributed by atoms with Gasteiger partial charge in [-0.1, -0.05) is 25.1 Å². The van der Waals surface area contributed by atoms with Crippen molar-refractivity contribution in [2.75, 3.05) is 24.2 Å². The third-order valence-electron chi connectivity index (χ3n) is 3.23. The number of hydrogen-bond acceptors (Lipinski definition) is 4. The highest BCUT2D eigenvalue weighted by Gasteiger charge is 2.06. The molecule has 1 aromatic carbocycles. The molecular formula is C15H20N4O. The van der Waals surface area contributed by atoms with Crippen LogP contribution >= 0.6 is 0 Å². The molecular weight excluding hydrogens is 252 g/mol. The van der Waals surface area contributed by atoms with Crippen molar-refractivity contribution >= 4 is 11.4 Å². The zero-order chi connectivity index (χ0) is 14.5. The molecule has 5 heteroatoms. The molecule has 0 spiro atoms. The van der Waals surface area contributed by atoms with Gasteiger partial charge in [-0.25, -0.2) is 4.68 Å². The van der Waals surface area contributed by atoms with Crippen LogP contribution in [0.25, 0.3) is 0 Å². The van der Waals surface area contributed by atoms with Gasteiger partial charge in [-0.3, -0.25) is 4.79 Å². The average Bonchev–Trinajstić information content (AvgIpc) is 2.43. The van der Waals surface area contributed by atoms with Crippen LogP contribution in [0.1, 0.15) is 18.9 Å². The van der Waals surface area contributed by atoms with E-state index in [9.17, 15) is 4.79 Å². The van der Waals surface area contributed by atoms with Crippen LogP contribution in [0.4, 0.5) is 11.4 Å². The maximum atomic E-state index is 12.1. The first-order valence-corrected chi connectivity index (χ1v) is 6.73. The van der Waals surface area contributed by atoms with Crippen molar-refractivity contribution in [3.8, 4) is 0 Å². The molecule has 1 aromatic heterocycles. The topological polar surface area (TPSA) is 64.2 Å². The molecule has 1 heterocycles. The van der Waals surface area contributed by atoms with Gasteiger partial charge in [0.05, 0.1) is 18.4 Å². The zero-order valence-corrected chi connectivity index (χ0v) is 11.9. The molecule has 0 bridgehead atoms. The molecule has 2 rings (SSSR count). The van der Waals surface area contributed by atoms with E-state index in [1.54, 1.807) is 12.3 Å². The number of para-hydroxylation sites is 1. The van der Waals surface area contributed by atoms with Crippen LogP contribution in [-0.4, -0.2) is 23.4 Å². The van der Waals surface area contributed by atoms with Crippen LogP contribution in [-0.2, 0) is 6.54 Å². The van der Waals surface area contributed by atoms with Crippen LogP contribution < -0.4 is 16.2 Å². The molecule has 2 aromatic rings. The number of hydrogen-bond donors (Lipinski definition) is 1. The molecule has 0 amide bonds. The van der Waals surface area contributed by atoms with Gasteiger partial charge in [-0.05, 0) is 18.1 Å². The van der Waals surface area contributed by atoms with E-state index in [0.717, 1.165) is 24.2 Å². The number of nitrogen functional groups attached to an aromatic ring is 1. The molecule has 106 valence electrons. The van der Waals surface area contributed by atoms with Crippen LogP contribution in [0.5, 0.6) is 0 Å². The lowest BCUT2D eigenvalue weighted by Gasteiger charge is -2.18. The number of nitrogens with zero attached hydrogens (tertiary/aromatic N) is 3. The van der Waals surface area contributed by atoms with Crippen LogP contribution in [0, 0.1) is 0 Å². The number of aromatic nitrogens is 2. The lowest BCUT2D eigenvalue weighted by molar-refractivity contribution is 0.638. The molecule has 0 aliphatic heterocycles. The van der Waals surface area contributed by atoms with E-state index in [0.29, 0.717) is 12.2 Å². The highest BCUT2D eigenvalue weighted by molar-refractivity contribution is 5.46. The summed E-state index contributed by atoms with van der Waals surface area (Å²) >= 11 is 0. The Hall–Kier alpha value is -2.30. The molecule has 0 unspecified atom stereocenters. The van der Waals surface area contributed by atoms with Gasteiger partial charge < -0.3 is 10.6 Å². The second-order valence-electron chi connectivity index (χ2n) is 4.83. The standard InChI is InChI=1S/C15H20N4O/c1-3-8-18(2)13-9-15(20)19(17-10-13)11-12-6-4-5-7-14(12)16/h4-7,9-10H,3,8,11,16H2,1-2H3. The van der Waals surface area contributed by atoms with Crippen molar-refractivity contribution in [1.29, 1.82) is 0 Å². The summed E-state index contributed by atoms with van der Waals surface area (Å²) in [7, 11) is 1.96. The quantitative estimate of drug-likeness (QED) is 0.842. The molecule has 5 nitrogen and oxygen atoms in total. The van der Waals surface area contributed by atoms with Gasteiger partial charge in [0.25, 0.3) is 5.56 Å². The van der Waals surface area contributed by atoms with E-state index in [1.165, 1.54) is 4.68 Å². The van der Waals surface area contributed by atoms with Crippen molar-refractivity contribution in [1.82, 2.24) is 9.78 Å². The Kier molecular flexibility index (Phi) is 4.40. The maximum Gasteiger partial charge on any atom is 0.269 e. The summed E-state index contributed by atoms with van der Waals surface area (Å²) in [4.78, 5) is 14.1. The van der Waals surface area contributed by atoms with Crippen LogP contribution in [0.3, 0.4) is 0 Å². The van der Waals surface area contributed by atoms with Crippen molar-refractivity contribution in [3.05, 3.63) is 52.4 Å². The minimum absolute atomic E-state index is 0.117. The fourth-order valence-corrected chi connectivity index (χ4v) is 2.06. The predicted octanol–water partition coefficient (Wildman–Crippen LogP) is 1.72. The Morgan fingerprint density at radius 3 is 2.75 bits per heavy atom. The second kappa shape index (κ2) is 6.23. The van der Waals surface area contributed by atoms with E-state index in [-0.39, 0.29) is 5.56 Å². The summed E-state index contributed by atoms with van der Waals surface area (Å²) in [6, 6.07) is 9.12. The SMILES string of the molecule is CCCN(C)c1cnn(Cc2ccccc2N)c(=O)c1. The van der Waals surface area contributed by atoms with Crippen LogP contribution in [0.2, 0.25) is 0 Å². The van der Waals surface area contributed by atoms with Gasteiger partial charge in [0, 0.05) is 25.3 Å². The summed E-state index contributed by atoms with van der Waals surface area (Å²) in [6.45, 7) is 3.39. The zero-order valence-electron chi connectivity index (χ0n) is 11.9. The van der Waals surface area contributed by atoms with Crippen molar-refractivity contribution in [2.45, 2.75) is 19.9 Å². The fraction of sp³-hybridized carbons (Fsp3) is 0.333. The highest BCUT2D eigenvalue weighted by atomic mass is 16.1.